The predicted octanol–water partition coefficient (Wildman–Crippen LogP) is 3.55. The third kappa shape index (κ3) is 4.22. The summed E-state index contributed by atoms with van der Waals surface area (Å²) in [4.78, 5) is 13.5. The summed E-state index contributed by atoms with van der Waals surface area (Å²) in [5.41, 5.74) is 0.824. The van der Waals surface area contributed by atoms with Crippen LogP contribution in [-0.4, -0.2) is 23.9 Å². The molecule has 0 unspecified atom stereocenters. The van der Waals surface area contributed by atoms with Crippen molar-refractivity contribution in [3.63, 3.8) is 0 Å². The number of rotatable bonds is 6. The Labute approximate surface area is 113 Å². The zero-order chi connectivity index (χ0) is 13.4. The fraction of sp³-hybridized carbons (Fsp3) is 0.133. The Balaban J connectivity index is 2.76. The Kier molecular flexibility index (Phi) is 5.95. The average molecular weight is 262 g/mol. The number of hydrogen-bond donors (Lipinski definition) is 0. The largest absolute Gasteiger partial charge is 0.332 e. The van der Waals surface area contributed by atoms with Crippen molar-refractivity contribution in [2.45, 2.75) is 0 Å². The van der Waals surface area contributed by atoms with Gasteiger partial charge in [-0.2, -0.15) is 0 Å². The van der Waals surface area contributed by atoms with Crippen LogP contribution in [0.2, 0.25) is 5.02 Å². The van der Waals surface area contributed by atoms with Gasteiger partial charge in [-0.05, 0) is 17.7 Å². The van der Waals surface area contributed by atoms with Gasteiger partial charge in [0.15, 0.2) is 0 Å². The van der Waals surface area contributed by atoms with Crippen LogP contribution < -0.4 is 0 Å². The maximum atomic E-state index is 11.9. The van der Waals surface area contributed by atoms with Crippen molar-refractivity contribution in [2.24, 2.45) is 0 Å². The van der Waals surface area contributed by atoms with Crippen LogP contribution >= 0.6 is 11.6 Å². The Bertz CT molecular complexity index is 455. The van der Waals surface area contributed by atoms with Gasteiger partial charge in [-0.15, -0.1) is 13.2 Å². The predicted molar refractivity (Wildman–Crippen MR) is 77.5 cm³/mol. The molecule has 0 aromatic heterocycles. The summed E-state index contributed by atoms with van der Waals surface area (Å²) < 4.78 is 0. The Morgan fingerprint density at radius 1 is 1.22 bits per heavy atom. The average Bonchev–Trinajstić information content (AvgIpc) is 2.37. The molecule has 18 heavy (non-hydrogen) atoms. The minimum atomic E-state index is -0.0882. The first-order chi connectivity index (χ1) is 8.69. The molecule has 3 heteroatoms. The minimum absolute atomic E-state index is 0.0882. The second kappa shape index (κ2) is 7.51. The molecule has 0 atom stereocenters. The molecule has 0 aliphatic carbocycles. The lowest BCUT2D eigenvalue weighted by atomic mass is 10.2. The van der Waals surface area contributed by atoms with Crippen molar-refractivity contribution >= 4 is 23.6 Å². The molecular weight excluding hydrogens is 246 g/mol. The van der Waals surface area contributed by atoms with E-state index in [1.54, 1.807) is 29.2 Å². The number of amides is 1. The molecule has 0 radical (unpaired) electrons. The topological polar surface area (TPSA) is 20.3 Å². The van der Waals surface area contributed by atoms with E-state index in [1.807, 2.05) is 18.2 Å². The van der Waals surface area contributed by atoms with Crippen LogP contribution in [0, 0.1) is 0 Å². The highest BCUT2D eigenvalue weighted by atomic mass is 35.5. The molecule has 0 bridgehead atoms. The molecule has 1 amide bonds. The zero-order valence-electron chi connectivity index (χ0n) is 10.2. The van der Waals surface area contributed by atoms with Crippen molar-refractivity contribution < 1.29 is 4.79 Å². The first kappa shape index (κ1) is 14.3. The van der Waals surface area contributed by atoms with E-state index in [2.05, 4.69) is 13.2 Å². The van der Waals surface area contributed by atoms with Crippen LogP contribution in [0.3, 0.4) is 0 Å². The van der Waals surface area contributed by atoms with Crippen LogP contribution in [0.1, 0.15) is 5.56 Å². The van der Waals surface area contributed by atoms with Gasteiger partial charge in [0.2, 0.25) is 5.91 Å². The summed E-state index contributed by atoms with van der Waals surface area (Å²) in [7, 11) is 0. The number of hydrogen-bond acceptors (Lipinski definition) is 1. The molecule has 0 spiro atoms. The van der Waals surface area contributed by atoms with Crippen molar-refractivity contribution in [1.29, 1.82) is 0 Å². The molecule has 0 aliphatic heterocycles. The molecule has 0 aliphatic rings. The lowest BCUT2D eigenvalue weighted by molar-refractivity contribution is -0.124. The second-order valence-corrected chi connectivity index (χ2v) is 4.08. The second-order valence-electron chi connectivity index (χ2n) is 3.68. The van der Waals surface area contributed by atoms with Gasteiger partial charge < -0.3 is 4.90 Å². The van der Waals surface area contributed by atoms with Gasteiger partial charge in [0.05, 0.1) is 0 Å². The van der Waals surface area contributed by atoms with Crippen LogP contribution in [0.5, 0.6) is 0 Å². The van der Waals surface area contributed by atoms with E-state index in [4.69, 9.17) is 11.6 Å². The number of halogens is 1. The Morgan fingerprint density at radius 2 is 1.83 bits per heavy atom. The minimum Gasteiger partial charge on any atom is -0.332 e. The maximum absolute atomic E-state index is 11.9. The number of nitrogens with zero attached hydrogens (tertiary/aromatic N) is 1. The van der Waals surface area contributed by atoms with Crippen LogP contribution in [0.15, 0.2) is 55.7 Å². The van der Waals surface area contributed by atoms with Gasteiger partial charge in [0, 0.05) is 24.2 Å². The van der Waals surface area contributed by atoms with E-state index in [9.17, 15) is 4.79 Å². The van der Waals surface area contributed by atoms with E-state index < -0.39 is 0 Å². The highest BCUT2D eigenvalue weighted by Crippen LogP contribution is 2.16. The normalized spacial score (nSPS) is 10.3. The van der Waals surface area contributed by atoms with E-state index in [0.717, 1.165) is 5.56 Å². The molecule has 1 rings (SSSR count). The number of carbonyl (C=O) groups excluding carboxylic acids is 1. The lowest BCUT2D eigenvalue weighted by Crippen LogP contribution is -2.29. The maximum Gasteiger partial charge on any atom is 0.247 e. The van der Waals surface area contributed by atoms with Crippen molar-refractivity contribution in [3.8, 4) is 0 Å². The fourth-order valence-corrected chi connectivity index (χ4v) is 1.64. The third-order valence-electron chi connectivity index (χ3n) is 2.32. The molecule has 0 saturated heterocycles. The van der Waals surface area contributed by atoms with Crippen molar-refractivity contribution in [1.82, 2.24) is 4.90 Å². The first-order valence-corrected chi connectivity index (χ1v) is 6.00. The summed E-state index contributed by atoms with van der Waals surface area (Å²) in [6.07, 6.45) is 6.59. The van der Waals surface area contributed by atoms with E-state index >= 15 is 0 Å². The first-order valence-electron chi connectivity index (χ1n) is 5.62. The van der Waals surface area contributed by atoms with E-state index in [0.29, 0.717) is 18.1 Å². The van der Waals surface area contributed by atoms with Crippen LogP contribution in [0.4, 0.5) is 0 Å². The molecule has 1 aromatic rings. The molecule has 1 aromatic carbocycles. The quantitative estimate of drug-likeness (QED) is 0.566. The Hall–Kier alpha value is -1.80. The summed E-state index contributed by atoms with van der Waals surface area (Å²) in [5.74, 6) is -0.0882. The van der Waals surface area contributed by atoms with Gasteiger partial charge >= 0.3 is 0 Å². The van der Waals surface area contributed by atoms with E-state index in [-0.39, 0.29) is 5.91 Å². The van der Waals surface area contributed by atoms with Gasteiger partial charge in [-0.1, -0.05) is 42.0 Å². The van der Waals surface area contributed by atoms with E-state index in [1.165, 1.54) is 6.08 Å². The molecule has 0 N–H and O–H groups in total. The zero-order valence-corrected chi connectivity index (χ0v) is 10.9. The third-order valence-corrected chi connectivity index (χ3v) is 2.67. The van der Waals surface area contributed by atoms with Gasteiger partial charge in [0.1, 0.15) is 0 Å². The van der Waals surface area contributed by atoms with Crippen molar-refractivity contribution in [2.75, 3.05) is 13.1 Å². The molecular formula is C15H16ClNO. The van der Waals surface area contributed by atoms with Crippen LogP contribution in [0.25, 0.3) is 6.08 Å². The smallest absolute Gasteiger partial charge is 0.247 e. The van der Waals surface area contributed by atoms with Crippen molar-refractivity contribution in [3.05, 3.63) is 66.2 Å². The lowest BCUT2D eigenvalue weighted by Gasteiger charge is -2.16. The summed E-state index contributed by atoms with van der Waals surface area (Å²) in [5, 5.41) is 0.626. The molecule has 0 fully saturated rings. The SMILES string of the molecule is C=CCN(CC=C)C(=O)C=Cc1ccccc1Cl. The monoisotopic (exact) mass is 261 g/mol. The van der Waals surface area contributed by atoms with Gasteiger partial charge in [-0.3, -0.25) is 4.79 Å². The highest BCUT2D eigenvalue weighted by Gasteiger charge is 2.06. The summed E-state index contributed by atoms with van der Waals surface area (Å²) >= 11 is 6.00. The Morgan fingerprint density at radius 3 is 2.39 bits per heavy atom. The summed E-state index contributed by atoms with van der Waals surface area (Å²) in [6, 6.07) is 7.37. The van der Waals surface area contributed by atoms with Gasteiger partial charge in [0.25, 0.3) is 0 Å². The molecule has 2 nitrogen and oxygen atoms in total. The molecule has 94 valence electrons. The molecule has 0 saturated carbocycles. The number of benzene rings is 1. The molecule has 0 heterocycles. The fourth-order valence-electron chi connectivity index (χ4n) is 1.44. The number of carbonyl (C=O) groups is 1. The highest BCUT2D eigenvalue weighted by molar-refractivity contribution is 6.32. The standard InChI is InChI=1S/C15H16ClNO/c1-3-11-17(12-4-2)15(18)10-9-13-7-5-6-8-14(13)16/h3-10H,1-2,11-12H2. The van der Waals surface area contributed by atoms with Gasteiger partial charge in [-0.25, -0.2) is 0 Å². The summed E-state index contributed by atoms with van der Waals surface area (Å²) in [6.45, 7) is 8.24. The van der Waals surface area contributed by atoms with Crippen LogP contribution in [-0.2, 0) is 4.79 Å².